The Balaban J connectivity index is 1.68. The summed E-state index contributed by atoms with van der Waals surface area (Å²) in [6.45, 7) is 1.84. The van der Waals surface area contributed by atoms with Crippen LogP contribution < -0.4 is 10.1 Å². The van der Waals surface area contributed by atoms with Gasteiger partial charge in [0.1, 0.15) is 11.6 Å². The molecule has 1 aromatic heterocycles. The number of aromatic nitrogens is 3. The molecule has 1 amide bonds. The average Bonchev–Trinajstić information content (AvgIpc) is 3.31. The number of nitrogens with zero attached hydrogens (tertiary/aromatic N) is 4. The number of ether oxygens (including phenoxy) is 2. The van der Waals surface area contributed by atoms with Crippen molar-refractivity contribution in [2.75, 3.05) is 14.2 Å². The molecule has 0 atom stereocenters. The van der Waals surface area contributed by atoms with Crippen molar-refractivity contribution in [1.82, 2.24) is 20.5 Å². The number of rotatable bonds is 7. The Morgan fingerprint density at radius 2 is 2.20 bits per heavy atom. The summed E-state index contributed by atoms with van der Waals surface area (Å²) in [6.07, 6.45) is 2.67. The van der Waals surface area contributed by atoms with Crippen molar-refractivity contribution in [3.8, 4) is 5.75 Å². The average molecular weight is 447 g/mol. The lowest BCUT2D eigenvalue weighted by Crippen LogP contribution is -2.19. The van der Waals surface area contributed by atoms with E-state index in [4.69, 9.17) is 4.74 Å². The first kappa shape index (κ1) is 21.6. The van der Waals surface area contributed by atoms with Gasteiger partial charge in [-0.2, -0.15) is 5.10 Å². The van der Waals surface area contributed by atoms with Crippen molar-refractivity contribution in [2.45, 2.75) is 17.8 Å². The van der Waals surface area contributed by atoms with E-state index < -0.39 is 11.9 Å². The highest BCUT2D eigenvalue weighted by Crippen LogP contribution is 2.27. The number of H-pyrrole nitrogens is 1. The molecule has 156 valence electrons. The summed E-state index contributed by atoms with van der Waals surface area (Å²) in [7, 11) is 2.85. The maximum atomic E-state index is 11.8. The van der Waals surface area contributed by atoms with Crippen molar-refractivity contribution in [1.29, 1.82) is 0 Å². The summed E-state index contributed by atoms with van der Waals surface area (Å²) >= 11 is 2.49. The Bertz CT molecular complexity index is 1050. The third kappa shape index (κ3) is 5.70. The van der Waals surface area contributed by atoms with Gasteiger partial charge in [0.05, 0.1) is 25.3 Å². The number of amides is 1. The molecule has 0 radical (unpaired) electrons. The first-order valence-corrected chi connectivity index (χ1v) is 10.4. The smallest absolute Gasteiger partial charge is 0.331 e. The van der Waals surface area contributed by atoms with Crippen LogP contribution in [0.5, 0.6) is 5.75 Å². The maximum absolute atomic E-state index is 11.8. The fraction of sp³-hybridized carbons (Fsp3) is 0.222. The van der Waals surface area contributed by atoms with E-state index in [1.807, 2.05) is 25.1 Å². The lowest BCUT2D eigenvalue weighted by atomic mass is 10.1. The van der Waals surface area contributed by atoms with Crippen LogP contribution in [-0.4, -0.2) is 52.7 Å². The van der Waals surface area contributed by atoms with Crippen LogP contribution in [0.3, 0.4) is 0 Å². The number of carbonyl (C=O) groups excluding carboxylic acids is 2. The number of hydrogen-bond donors (Lipinski definition) is 2. The van der Waals surface area contributed by atoms with Crippen molar-refractivity contribution in [3.05, 3.63) is 46.1 Å². The fourth-order valence-corrected chi connectivity index (χ4v) is 3.87. The molecule has 0 saturated carbocycles. The molecule has 1 aliphatic rings. The lowest BCUT2D eigenvalue weighted by Gasteiger charge is -2.08. The van der Waals surface area contributed by atoms with Crippen LogP contribution in [0.1, 0.15) is 17.0 Å². The van der Waals surface area contributed by atoms with Crippen molar-refractivity contribution >= 4 is 46.8 Å². The second-order valence-corrected chi connectivity index (χ2v) is 7.77. The standard InChI is InChI=1S/C18H18N6O4S2/c1-10-20-17(24-22-10)29-9-12-6-11(4-5-13(12)27-2)8-19-23-18-21-16(26)14(30-18)7-15(25)28-3/h4-8H,9H2,1-3H3,(H,20,22,24)(H,21,23,26)/b14-7+,19-8?. The number of thioether (sulfide) groups is 2. The molecule has 12 heteroatoms. The first-order valence-electron chi connectivity index (χ1n) is 8.57. The second kappa shape index (κ2) is 10.1. The number of aryl methyl sites for hydroxylation is 1. The minimum atomic E-state index is -0.610. The van der Waals surface area contributed by atoms with E-state index in [2.05, 4.69) is 35.4 Å². The molecule has 2 aromatic rings. The molecule has 1 saturated heterocycles. The summed E-state index contributed by atoms with van der Waals surface area (Å²) < 4.78 is 9.93. The van der Waals surface area contributed by atoms with Crippen LogP contribution >= 0.6 is 23.5 Å². The SMILES string of the molecule is COC(=O)/C=C1/S/C(=N\N=Cc2ccc(OC)c(CSc3n[nH]c(C)n3)c2)NC1=O. The Hall–Kier alpha value is -3.12. The summed E-state index contributed by atoms with van der Waals surface area (Å²) in [6, 6.07) is 5.62. The zero-order chi connectivity index (χ0) is 21.5. The quantitative estimate of drug-likeness (QED) is 0.217. The van der Waals surface area contributed by atoms with Gasteiger partial charge in [0.2, 0.25) is 5.16 Å². The molecule has 0 spiro atoms. The molecule has 1 aliphatic heterocycles. The lowest BCUT2D eigenvalue weighted by molar-refractivity contribution is -0.135. The van der Waals surface area contributed by atoms with Crippen molar-refractivity contribution in [3.63, 3.8) is 0 Å². The van der Waals surface area contributed by atoms with E-state index >= 15 is 0 Å². The highest BCUT2D eigenvalue weighted by Gasteiger charge is 2.25. The fourth-order valence-electron chi connectivity index (χ4n) is 2.31. The molecule has 2 N–H and O–H groups in total. The van der Waals surface area contributed by atoms with Gasteiger partial charge < -0.3 is 9.47 Å². The largest absolute Gasteiger partial charge is 0.496 e. The number of aromatic amines is 1. The van der Waals surface area contributed by atoms with E-state index in [1.54, 1.807) is 13.3 Å². The minimum absolute atomic E-state index is 0.196. The number of amidine groups is 1. The highest BCUT2D eigenvalue weighted by atomic mass is 32.2. The first-order chi connectivity index (χ1) is 14.5. The molecule has 1 fully saturated rings. The second-order valence-electron chi connectivity index (χ2n) is 5.80. The number of methoxy groups -OCH3 is 2. The third-order valence-corrected chi connectivity index (χ3v) is 5.49. The van der Waals surface area contributed by atoms with Crippen LogP contribution in [0.25, 0.3) is 0 Å². The Kier molecular flexibility index (Phi) is 7.25. The molecule has 3 rings (SSSR count). The maximum Gasteiger partial charge on any atom is 0.331 e. The van der Waals surface area contributed by atoms with Crippen molar-refractivity contribution < 1.29 is 19.1 Å². The normalized spacial score (nSPS) is 16.4. The predicted octanol–water partition coefficient (Wildman–Crippen LogP) is 2.02. The van der Waals surface area contributed by atoms with Crippen molar-refractivity contribution in [2.24, 2.45) is 10.2 Å². The highest BCUT2D eigenvalue weighted by molar-refractivity contribution is 8.18. The zero-order valence-corrected chi connectivity index (χ0v) is 18.0. The van der Waals surface area contributed by atoms with Crippen LogP contribution in [0.4, 0.5) is 0 Å². The predicted molar refractivity (Wildman–Crippen MR) is 115 cm³/mol. The molecule has 2 heterocycles. The zero-order valence-electron chi connectivity index (χ0n) is 16.3. The van der Waals surface area contributed by atoms with Crippen LogP contribution in [-0.2, 0) is 20.1 Å². The van der Waals surface area contributed by atoms with E-state index in [0.717, 1.165) is 40.5 Å². The summed E-state index contributed by atoms with van der Waals surface area (Å²) in [5, 5.41) is 18.4. The molecule has 0 unspecified atom stereocenters. The van der Waals surface area contributed by atoms with Gasteiger partial charge in [-0.3, -0.25) is 15.2 Å². The molecule has 30 heavy (non-hydrogen) atoms. The number of esters is 1. The van der Waals surface area contributed by atoms with Gasteiger partial charge in [0, 0.05) is 17.4 Å². The summed E-state index contributed by atoms with van der Waals surface area (Å²) in [4.78, 5) is 27.5. The van der Waals surface area contributed by atoms with Crippen LogP contribution in [0.2, 0.25) is 0 Å². The molecule has 0 bridgehead atoms. The third-order valence-electron chi connectivity index (χ3n) is 3.69. The molecular weight excluding hydrogens is 428 g/mol. The van der Waals surface area contributed by atoms with Gasteiger partial charge >= 0.3 is 5.97 Å². The number of nitrogens with one attached hydrogen (secondary N) is 2. The summed E-state index contributed by atoms with van der Waals surface area (Å²) in [5.41, 5.74) is 1.76. The molecule has 1 aromatic carbocycles. The number of benzene rings is 1. The van der Waals surface area contributed by atoms with E-state index in [1.165, 1.54) is 18.9 Å². The van der Waals surface area contributed by atoms with Gasteiger partial charge in [-0.15, -0.1) is 10.2 Å². The Labute approximate surface area is 180 Å². The Morgan fingerprint density at radius 1 is 1.37 bits per heavy atom. The van der Waals surface area contributed by atoms with Gasteiger partial charge in [-0.05, 0) is 42.4 Å². The summed E-state index contributed by atoms with van der Waals surface area (Å²) in [5.74, 6) is 1.08. The Morgan fingerprint density at radius 3 is 2.90 bits per heavy atom. The molecule has 0 aliphatic carbocycles. The van der Waals surface area contributed by atoms with Gasteiger partial charge in [0.25, 0.3) is 5.91 Å². The molecular formula is C18H18N6O4S2. The van der Waals surface area contributed by atoms with Gasteiger partial charge in [0.15, 0.2) is 5.17 Å². The van der Waals surface area contributed by atoms with Gasteiger partial charge in [-0.1, -0.05) is 11.8 Å². The topological polar surface area (TPSA) is 131 Å². The minimum Gasteiger partial charge on any atom is -0.496 e. The van der Waals surface area contributed by atoms with E-state index in [9.17, 15) is 9.59 Å². The molecule has 10 nitrogen and oxygen atoms in total. The van der Waals surface area contributed by atoms with Gasteiger partial charge in [-0.25, -0.2) is 9.78 Å². The number of carbonyl (C=O) groups is 2. The van der Waals surface area contributed by atoms with E-state index in [-0.39, 0.29) is 10.1 Å². The monoisotopic (exact) mass is 446 g/mol. The van der Waals surface area contributed by atoms with Crippen LogP contribution in [0, 0.1) is 6.92 Å². The van der Waals surface area contributed by atoms with Crippen LogP contribution in [0.15, 0.2) is 44.5 Å². The van der Waals surface area contributed by atoms with E-state index in [0.29, 0.717) is 10.9 Å². The number of hydrogen-bond acceptors (Lipinski definition) is 10.